The van der Waals surface area contributed by atoms with Crippen LogP contribution < -0.4 is 10.1 Å². The summed E-state index contributed by atoms with van der Waals surface area (Å²) in [6, 6.07) is 8.37. The lowest BCUT2D eigenvalue weighted by atomic mass is 10.0. The average molecular weight is 349 g/mol. The van der Waals surface area contributed by atoms with Crippen molar-refractivity contribution < 1.29 is 9.47 Å². The van der Waals surface area contributed by atoms with Crippen LogP contribution in [0.15, 0.2) is 36.8 Å². The Balaban J connectivity index is 1.77. The molecule has 1 aromatic heterocycles. The molecular formula is C17H21ClN4O2. The summed E-state index contributed by atoms with van der Waals surface area (Å²) in [4.78, 5) is 10.5. The molecule has 0 aliphatic carbocycles. The number of ether oxygens (including phenoxy) is 2. The molecule has 128 valence electrons. The van der Waals surface area contributed by atoms with Crippen molar-refractivity contribution in [3.05, 3.63) is 47.4 Å². The van der Waals surface area contributed by atoms with Crippen molar-refractivity contribution >= 4 is 17.4 Å². The predicted octanol–water partition coefficient (Wildman–Crippen LogP) is 2.62. The Labute approximate surface area is 146 Å². The summed E-state index contributed by atoms with van der Waals surface area (Å²) < 4.78 is 10.7. The summed E-state index contributed by atoms with van der Waals surface area (Å²) in [5, 5.41) is 3.86. The number of halogens is 1. The standard InChI is InChI=1S/C17H21ClN4O2/c1-23-14-4-2-13(3-5-14)16(22-6-8-24-9-7-22)11-20-17-15(18)10-19-12-21-17/h2-5,10,12,16H,6-9,11H2,1H3,(H,19,20,21). The summed E-state index contributed by atoms with van der Waals surface area (Å²) in [6.07, 6.45) is 3.08. The molecule has 1 N–H and O–H groups in total. The van der Waals surface area contributed by atoms with Gasteiger partial charge in [0.1, 0.15) is 22.9 Å². The van der Waals surface area contributed by atoms with Gasteiger partial charge < -0.3 is 14.8 Å². The fraction of sp³-hybridized carbons (Fsp3) is 0.412. The molecule has 0 radical (unpaired) electrons. The first-order valence-electron chi connectivity index (χ1n) is 7.93. The molecule has 1 saturated heterocycles. The van der Waals surface area contributed by atoms with Gasteiger partial charge in [-0.2, -0.15) is 0 Å². The Hall–Kier alpha value is -1.89. The largest absolute Gasteiger partial charge is 0.497 e. The van der Waals surface area contributed by atoms with Crippen molar-refractivity contribution in [3.8, 4) is 5.75 Å². The number of methoxy groups -OCH3 is 1. The van der Waals surface area contributed by atoms with Crippen LogP contribution in [-0.2, 0) is 4.74 Å². The summed E-state index contributed by atoms with van der Waals surface area (Å²) in [5.74, 6) is 1.50. The van der Waals surface area contributed by atoms with Gasteiger partial charge in [0.05, 0.1) is 32.6 Å². The third-order valence-electron chi connectivity index (χ3n) is 4.12. The van der Waals surface area contributed by atoms with Gasteiger partial charge in [0.15, 0.2) is 0 Å². The van der Waals surface area contributed by atoms with Crippen LogP contribution >= 0.6 is 11.6 Å². The van der Waals surface area contributed by atoms with Crippen LogP contribution in [0.3, 0.4) is 0 Å². The third-order valence-corrected chi connectivity index (χ3v) is 4.39. The highest BCUT2D eigenvalue weighted by Gasteiger charge is 2.23. The lowest BCUT2D eigenvalue weighted by Gasteiger charge is -2.35. The number of anilines is 1. The van der Waals surface area contributed by atoms with E-state index in [1.54, 1.807) is 13.3 Å². The second kappa shape index (κ2) is 8.28. The van der Waals surface area contributed by atoms with Crippen molar-refractivity contribution in [3.63, 3.8) is 0 Å². The van der Waals surface area contributed by atoms with Crippen LogP contribution in [0.5, 0.6) is 5.75 Å². The molecule has 24 heavy (non-hydrogen) atoms. The minimum Gasteiger partial charge on any atom is -0.497 e. The molecule has 1 fully saturated rings. The maximum Gasteiger partial charge on any atom is 0.148 e. The van der Waals surface area contributed by atoms with E-state index >= 15 is 0 Å². The Bertz CT molecular complexity index is 647. The smallest absolute Gasteiger partial charge is 0.148 e. The molecule has 0 amide bonds. The van der Waals surface area contributed by atoms with Crippen LogP contribution in [0.4, 0.5) is 5.82 Å². The van der Waals surface area contributed by atoms with E-state index in [9.17, 15) is 0 Å². The fourth-order valence-electron chi connectivity index (χ4n) is 2.81. The maximum atomic E-state index is 6.14. The minimum atomic E-state index is 0.200. The number of aromatic nitrogens is 2. The van der Waals surface area contributed by atoms with Crippen molar-refractivity contribution in [2.24, 2.45) is 0 Å². The molecule has 1 aliphatic rings. The van der Waals surface area contributed by atoms with Crippen molar-refractivity contribution in [1.82, 2.24) is 14.9 Å². The van der Waals surface area contributed by atoms with Gasteiger partial charge in [-0.05, 0) is 17.7 Å². The molecule has 0 spiro atoms. The van der Waals surface area contributed by atoms with E-state index in [4.69, 9.17) is 21.1 Å². The molecular weight excluding hydrogens is 328 g/mol. The Morgan fingerprint density at radius 2 is 2.04 bits per heavy atom. The van der Waals surface area contributed by atoms with Gasteiger partial charge in [-0.15, -0.1) is 0 Å². The monoisotopic (exact) mass is 348 g/mol. The van der Waals surface area contributed by atoms with Crippen LogP contribution in [0.2, 0.25) is 5.02 Å². The van der Waals surface area contributed by atoms with E-state index in [0.29, 0.717) is 17.4 Å². The van der Waals surface area contributed by atoms with E-state index in [0.717, 1.165) is 32.1 Å². The molecule has 1 unspecified atom stereocenters. The highest BCUT2D eigenvalue weighted by atomic mass is 35.5. The predicted molar refractivity (Wildman–Crippen MR) is 93.7 cm³/mol. The number of rotatable bonds is 6. The van der Waals surface area contributed by atoms with E-state index in [1.807, 2.05) is 12.1 Å². The van der Waals surface area contributed by atoms with Gasteiger partial charge in [0.2, 0.25) is 0 Å². The van der Waals surface area contributed by atoms with E-state index in [2.05, 4.69) is 32.3 Å². The second-order valence-corrected chi connectivity index (χ2v) is 5.94. The first-order valence-corrected chi connectivity index (χ1v) is 8.31. The summed E-state index contributed by atoms with van der Waals surface area (Å²) >= 11 is 6.14. The van der Waals surface area contributed by atoms with Crippen molar-refractivity contribution in [1.29, 1.82) is 0 Å². The van der Waals surface area contributed by atoms with E-state index in [-0.39, 0.29) is 6.04 Å². The number of hydrogen-bond donors (Lipinski definition) is 1. The zero-order valence-corrected chi connectivity index (χ0v) is 14.4. The normalized spacial score (nSPS) is 16.6. The molecule has 2 heterocycles. The first kappa shape index (κ1) is 17.0. The molecule has 1 atom stereocenters. The van der Waals surface area contributed by atoms with Crippen molar-refractivity contribution in [2.75, 3.05) is 45.3 Å². The topological polar surface area (TPSA) is 59.5 Å². The molecule has 1 aliphatic heterocycles. The van der Waals surface area contributed by atoms with Gasteiger partial charge in [-0.3, -0.25) is 4.90 Å². The number of benzene rings is 1. The van der Waals surface area contributed by atoms with E-state index < -0.39 is 0 Å². The average Bonchev–Trinajstić information content (AvgIpc) is 2.65. The molecule has 1 aromatic carbocycles. The lowest BCUT2D eigenvalue weighted by Crippen LogP contribution is -2.41. The number of nitrogens with zero attached hydrogens (tertiary/aromatic N) is 3. The van der Waals surface area contributed by atoms with Crippen LogP contribution in [0.1, 0.15) is 11.6 Å². The highest BCUT2D eigenvalue weighted by molar-refractivity contribution is 6.32. The molecule has 6 nitrogen and oxygen atoms in total. The molecule has 0 saturated carbocycles. The fourth-order valence-corrected chi connectivity index (χ4v) is 2.98. The Morgan fingerprint density at radius 3 is 2.71 bits per heavy atom. The molecule has 2 aromatic rings. The molecule has 3 rings (SSSR count). The Morgan fingerprint density at radius 1 is 1.29 bits per heavy atom. The SMILES string of the molecule is COc1ccc(C(CNc2ncncc2Cl)N2CCOCC2)cc1. The van der Waals surface area contributed by atoms with Crippen molar-refractivity contribution in [2.45, 2.75) is 6.04 Å². The summed E-state index contributed by atoms with van der Waals surface area (Å²) in [7, 11) is 1.67. The second-order valence-electron chi connectivity index (χ2n) is 5.54. The lowest BCUT2D eigenvalue weighted by molar-refractivity contribution is 0.0187. The molecule has 0 bridgehead atoms. The van der Waals surface area contributed by atoms with Crippen LogP contribution in [0, 0.1) is 0 Å². The first-order chi connectivity index (χ1) is 11.8. The third kappa shape index (κ3) is 4.14. The van der Waals surface area contributed by atoms with Gasteiger partial charge in [-0.25, -0.2) is 9.97 Å². The zero-order valence-electron chi connectivity index (χ0n) is 13.6. The van der Waals surface area contributed by atoms with Crippen LogP contribution in [0.25, 0.3) is 0 Å². The van der Waals surface area contributed by atoms with Crippen LogP contribution in [-0.4, -0.2) is 54.8 Å². The van der Waals surface area contributed by atoms with Gasteiger partial charge >= 0.3 is 0 Å². The minimum absolute atomic E-state index is 0.200. The number of nitrogens with one attached hydrogen (secondary N) is 1. The van der Waals surface area contributed by atoms with Gasteiger partial charge in [0.25, 0.3) is 0 Å². The highest BCUT2D eigenvalue weighted by Crippen LogP contribution is 2.25. The zero-order chi connectivity index (χ0) is 16.8. The number of hydrogen-bond acceptors (Lipinski definition) is 6. The summed E-state index contributed by atoms with van der Waals surface area (Å²) in [5.41, 5.74) is 1.22. The summed E-state index contributed by atoms with van der Waals surface area (Å²) in [6.45, 7) is 4.00. The maximum absolute atomic E-state index is 6.14. The van der Waals surface area contributed by atoms with E-state index in [1.165, 1.54) is 11.9 Å². The quantitative estimate of drug-likeness (QED) is 0.866. The number of morpholine rings is 1. The Kier molecular flexibility index (Phi) is 5.85. The molecule has 7 heteroatoms. The van der Waals surface area contributed by atoms with Gasteiger partial charge in [0, 0.05) is 19.6 Å². The van der Waals surface area contributed by atoms with Gasteiger partial charge in [-0.1, -0.05) is 23.7 Å².